The standard InChI is InChI=1S/C17H24N2O2S/c1-21-17(20)19-10-8-13(9-11-19)18-15-6-4-12-22-16-7-3-2-5-14(15)16/h2-3,5,7,13,15,18H,4,6,8-12H2,1H3. The third-order valence-corrected chi connectivity index (χ3v) is 5.73. The lowest BCUT2D eigenvalue weighted by molar-refractivity contribution is 0.108. The first-order valence-corrected chi connectivity index (χ1v) is 9.07. The number of amides is 1. The summed E-state index contributed by atoms with van der Waals surface area (Å²) in [5.41, 5.74) is 1.44. The van der Waals surface area contributed by atoms with E-state index in [1.165, 1.54) is 36.2 Å². The number of carbonyl (C=O) groups excluding carboxylic acids is 1. The van der Waals surface area contributed by atoms with Crippen LogP contribution in [0.2, 0.25) is 0 Å². The number of ether oxygens (including phenoxy) is 1. The second kappa shape index (κ2) is 7.38. The predicted octanol–water partition coefficient (Wildman–Crippen LogP) is 3.43. The Morgan fingerprint density at radius 1 is 1.27 bits per heavy atom. The number of hydrogen-bond donors (Lipinski definition) is 1. The van der Waals surface area contributed by atoms with Crippen LogP contribution in [0.1, 0.15) is 37.3 Å². The van der Waals surface area contributed by atoms with Gasteiger partial charge in [-0.2, -0.15) is 0 Å². The van der Waals surface area contributed by atoms with Gasteiger partial charge in [0.15, 0.2) is 0 Å². The first-order chi connectivity index (χ1) is 10.8. The summed E-state index contributed by atoms with van der Waals surface area (Å²) in [5.74, 6) is 1.20. The third-order valence-electron chi connectivity index (χ3n) is 4.55. The number of nitrogens with one attached hydrogen (secondary N) is 1. The van der Waals surface area contributed by atoms with Crippen LogP contribution in [0.25, 0.3) is 0 Å². The van der Waals surface area contributed by atoms with E-state index in [0.29, 0.717) is 12.1 Å². The van der Waals surface area contributed by atoms with Gasteiger partial charge in [0, 0.05) is 30.1 Å². The number of likely N-dealkylation sites (tertiary alicyclic amines) is 1. The minimum Gasteiger partial charge on any atom is -0.453 e. The Balaban J connectivity index is 1.61. The van der Waals surface area contributed by atoms with E-state index in [4.69, 9.17) is 4.74 Å². The average molecular weight is 320 g/mol. The van der Waals surface area contributed by atoms with Crippen molar-refractivity contribution in [1.82, 2.24) is 10.2 Å². The molecule has 2 heterocycles. The Kier molecular flexibility index (Phi) is 5.26. The Hall–Kier alpha value is -1.20. The molecule has 0 saturated carbocycles. The Morgan fingerprint density at radius 3 is 2.82 bits per heavy atom. The quantitative estimate of drug-likeness (QED) is 0.906. The zero-order valence-electron chi connectivity index (χ0n) is 13.1. The van der Waals surface area contributed by atoms with Gasteiger partial charge >= 0.3 is 6.09 Å². The molecule has 0 spiro atoms. The maximum Gasteiger partial charge on any atom is 0.409 e. The molecular weight excluding hydrogens is 296 g/mol. The monoisotopic (exact) mass is 320 g/mol. The topological polar surface area (TPSA) is 41.6 Å². The Morgan fingerprint density at radius 2 is 2.05 bits per heavy atom. The summed E-state index contributed by atoms with van der Waals surface area (Å²) < 4.78 is 4.80. The molecule has 3 rings (SSSR count). The number of carbonyl (C=O) groups is 1. The molecule has 1 fully saturated rings. The predicted molar refractivity (Wildman–Crippen MR) is 89.3 cm³/mol. The molecule has 2 aliphatic rings. The molecule has 4 nitrogen and oxygen atoms in total. The van der Waals surface area contributed by atoms with E-state index in [9.17, 15) is 4.79 Å². The highest BCUT2D eigenvalue weighted by Gasteiger charge is 2.26. The van der Waals surface area contributed by atoms with E-state index in [0.717, 1.165) is 25.9 Å². The molecular formula is C17H24N2O2S. The molecule has 1 atom stereocenters. The molecule has 1 aromatic rings. The van der Waals surface area contributed by atoms with Gasteiger partial charge in [0.25, 0.3) is 0 Å². The highest BCUT2D eigenvalue weighted by molar-refractivity contribution is 7.99. The van der Waals surface area contributed by atoms with Gasteiger partial charge in [0.05, 0.1) is 7.11 Å². The molecule has 0 radical (unpaired) electrons. The highest BCUT2D eigenvalue weighted by atomic mass is 32.2. The van der Waals surface area contributed by atoms with Crippen LogP contribution in [0.3, 0.4) is 0 Å². The van der Waals surface area contributed by atoms with Crippen molar-refractivity contribution >= 4 is 17.9 Å². The fourth-order valence-electron chi connectivity index (χ4n) is 3.34. The van der Waals surface area contributed by atoms with Crippen molar-refractivity contribution in [3.8, 4) is 0 Å². The number of benzene rings is 1. The lowest BCUT2D eigenvalue weighted by atomic mass is 9.98. The second-order valence-corrected chi connectivity index (χ2v) is 7.12. The van der Waals surface area contributed by atoms with Gasteiger partial charge in [0.2, 0.25) is 0 Å². The molecule has 5 heteroatoms. The lowest BCUT2D eigenvalue weighted by Crippen LogP contribution is -2.45. The minimum absolute atomic E-state index is 0.199. The minimum atomic E-state index is -0.199. The molecule has 0 bridgehead atoms. The van der Waals surface area contributed by atoms with E-state index in [2.05, 4.69) is 29.6 Å². The van der Waals surface area contributed by atoms with Crippen LogP contribution >= 0.6 is 11.8 Å². The zero-order chi connectivity index (χ0) is 15.4. The largest absolute Gasteiger partial charge is 0.453 e. The molecule has 2 aliphatic heterocycles. The second-order valence-electron chi connectivity index (χ2n) is 5.98. The van der Waals surface area contributed by atoms with Crippen LogP contribution in [0.4, 0.5) is 4.79 Å². The number of thioether (sulfide) groups is 1. The maximum atomic E-state index is 11.6. The summed E-state index contributed by atoms with van der Waals surface area (Å²) in [6.07, 6.45) is 4.25. The van der Waals surface area contributed by atoms with Gasteiger partial charge in [-0.25, -0.2) is 4.79 Å². The number of nitrogens with zero attached hydrogens (tertiary/aromatic N) is 1. The first-order valence-electron chi connectivity index (χ1n) is 8.08. The normalized spacial score (nSPS) is 22.8. The molecule has 1 aromatic carbocycles. The summed E-state index contributed by atoms with van der Waals surface area (Å²) in [6.45, 7) is 1.57. The molecule has 0 aromatic heterocycles. The number of rotatable bonds is 2. The van der Waals surface area contributed by atoms with Crippen molar-refractivity contribution in [2.45, 2.75) is 42.7 Å². The summed E-state index contributed by atoms with van der Waals surface area (Å²) >= 11 is 1.97. The highest BCUT2D eigenvalue weighted by Crippen LogP contribution is 2.35. The fourth-order valence-corrected chi connectivity index (χ4v) is 4.42. The van der Waals surface area contributed by atoms with Gasteiger partial charge in [-0.3, -0.25) is 0 Å². The fraction of sp³-hybridized carbons (Fsp3) is 0.588. The molecule has 120 valence electrons. The van der Waals surface area contributed by atoms with Crippen molar-refractivity contribution in [2.75, 3.05) is 26.0 Å². The van der Waals surface area contributed by atoms with E-state index in [1.54, 1.807) is 4.90 Å². The summed E-state index contributed by atoms with van der Waals surface area (Å²) in [5, 5.41) is 3.84. The molecule has 0 aliphatic carbocycles. The maximum absolute atomic E-state index is 11.6. The van der Waals surface area contributed by atoms with Crippen molar-refractivity contribution in [2.24, 2.45) is 0 Å². The molecule has 1 N–H and O–H groups in total. The molecule has 1 amide bonds. The molecule has 1 saturated heterocycles. The average Bonchev–Trinajstić information content (AvgIpc) is 2.77. The SMILES string of the molecule is COC(=O)N1CCC(NC2CCCSc3ccccc32)CC1. The summed E-state index contributed by atoms with van der Waals surface area (Å²) in [7, 11) is 1.45. The number of fused-ring (bicyclic) bond motifs is 1. The number of piperidine rings is 1. The van der Waals surface area contributed by atoms with Crippen LogP contribution in [-0.4, -0.2) is 43.0 Å². The van der Waals surface area contributed by atoms with Gasteiger partial charge in [0.1, 0.15) is 0 Å². The number of hydrogen-bond acceptors (Lipinski definition) is 4. The van der Waals surface area contributed by atoms with Crippen molar-refractivity contribution in [1.29, 1.82) is 0 Å². The number of methoxy groups -OCH3 is 1. The molecule has 22 heavy (non-hydrogen) atoms. The van der Waals surface area contributed by atoms with Crippen molar-refractivity contribution < 1.29 is 9.53 Å². The smallest absolute Gasteiger partial charge is 0.409 e. The van der Waals surface area contributed by atoms with Crippen LogP contribution < -0.4 is 5.32 Å². The Bertz CT molecular complexity index is 515. The van der Waals surface area contributed by atoms with Crippen LogP contribution in [0.5, 0.6) is 0 Å². The van der Waals surface area contributed by atoms with Crippen LogP contribution in [0.15, 0.2) is 29.2 Å². The van der Waals surface area contributed by atoms with Gasteiger partial charge in [-0.05, 0) is 43.1 Å². The summed E-state index contributed by atoms with van der Waals surface area (Å²) in [6, 6.07) is 9.69. The summed E-state index contributed by atoms with van der Waals surface area (Å²) in [4.78, 5) is 14.8. The zero-order valence-corrected chi connectivity index (χ0v) is 13.9. The van der Waals surface area contributed by atoms with Crippen LogP contribution in [0, 0.1) is 0 Å². The molecule has 1 unspecified atom stereocenters. The lowest BCUT2D eigenvalue weighted by Gasteiger charge is -2.34. The van der Waals surface area contributed by atoms with E-state index in [-0.39, 0.29) is 6.09 Å². The van der Waals surface area contributed by atoms with Crippen LogP contribution in [-0.2, 0) is 4.74 Å². The van der Waals surface area contributed by atoms with Crippen molar-refractivity contribution in [3.63, 3.8) is 0 Å². The van der Waals surface area contributed by atoms with Crippen molar-refractivity contribution in [3.05, 3.63) is 29.8 Å². The van der Waals surface area contributed by atoms with E-state index < -0.39 is 0 Å². The van der Waals surface area contributed by atoms with E-state index in [1.807, 2.05) is 11.8 Å². The Labute approximate surface area is 136 Å². The van der Waals surface area contributed by atoms with E-state index >= 15 is 0 Å². The first kappa shape index (κ1) is 15.7. The van der Waals surface area contributed by atoms with Gasteiger partial charge in [-0.1, -0.05) is 18.2 Å². The third kappa shape index (κ3) is 3.58. The van der Waals surface area contributed by atoms with Gasteiger partial charge < -0.3 is 15.0 Å². The van der Waals surface area contributed by atoms with Gasteiger partial charge in [-0.15, -0.1) is 11.8 Å².